The van der Waals surface area contributed by atoms with E-state index in [1.165, 1.54) is 6.20 Å². The molecule has 7 heteroatoms. The monoisotopic (exact) mass is 380 g/mol. The molecule has 0 aliphatic heterocycles. The number of terminal acetylenes is 1. The molecule has 29 heavy (non-hydrogen) atoms. The van der Waals surface area contributed by atoms with Crippen molar-refractivity contribution in [2.75, 3.05) is 5.73 Å². The molecule has 0 fully saturated rings. The first kappa shape index (κ1) is 16.8. The summed E-state index contributed by atoms with van der Waals surface area (Å²) in [5.41, 5.74) is 11.1. The van der Waals surface area contributed by atoms with Crippen LogP contribution in [0.3, 0.4) is 0 Å². The lowest BCUT2D eigenvalue weighted by Gasteiger charge is -2.05. The molecule has 0 saturated heterocycles. The Morgan fingerprint density at radius 2 is 2.00 bits per heavy atom. The van der Waals surface area contributed by atoms with Gasteiger partial charge in [-0.2, -0.15) is 5.10 Å². The molecule has 0 aliphatic carbocycles. The Labute approximate surface area is 165 Å². The summed E-state index contributed by atoms with van der Waals surface area (Å²) in [5.74, 6) is 3.46. The summed E-state index contributed by atoms with van der Waals surface area (Å²) >= 11 is 0. The summed E-state index contributed by atoms with van der Waals surface area (Å²) in [6, 6.07) is 13.0. The van der Waals surface area contributed by atoms with Crippen molar-refractivity contribution >= 4 is 33.5 Å². The Morgan fingerprint density at radius 1 is 1.14 bits per heavy atom. The van der Waals surface area contributed by atoms with Crippen LogP contribution in [0.2, 0.25) is 0 Å². The van der Waals surface area contributed by atoms with Gasteiger partial charge in [0.2, 0.25) is 5.78 Å². The summed E-state index contributed by atoms with van der Waals surface area (Å²) in [7, 11) is 0. The third-order valence-electron chi connectivity index (χ3n) is 4.91. The molecule has 5 rings (SSSR count). The number of ketones is 1. The SMILES string of the molecule is C#Cc1ccc2[nH]c(C(=O)c3cnn(-c4ccc5nc(C)[nH]c5c4)c3N)cc2c1. The van der Waals surface area contributed by atoms with E-state index in [1.807, 2.05) is 43.3 Å². The van der Waals surface area contributed by atoms with Gasteiger partial charge in [0, 0.05) is 16.5 Å². The molecule has 0 atom stereocenters. The van der Waals surface area contributed by atoms with Gasteiger partial charge < -0.3 is 15.7 Å². The molecular weight excluding hydrogens is 364 g/mol. The highest BCUT2D eigenvalue weighted by molar-refractivity contribution is 6.12. The summed E-state index contributed by atoms with van der Waals surface area (Å²) in [4.78, 5) is 23.7. The predicted octanol–water partition coefficient (Wildman–Crippen LogP) is 3.33. The van der Waals surface area contributed by atoms with Crippen LogP contribution in [-0.2, 0) is 0 Å². The summed E-state index contributed by atoms with van der Waals surface area (Å²) in [5, 5.41) is 5.19. The Bertz CT molecular complexity index is 1460. The molecule has 0 unspecified atom stereocenters. The van der Waals surface area contributed by atoms with E-state index in [4.69, 9.17) is 12.2 Å². The van der Waals surface area contributed by atoms with E-state index >= 15 is 0 Å². The van der Waals surface area contributed by atoms with E-state index in [0.717, 1.165) is 39.0 Å². The predicted molar refractivity (Wildman–Crippen MR) is 112 cm³/mol. The van der Waals surface area contributed by atoms with Gasteiger partial charge in [-0.05, 0) is 49.4 Å². The number of imidazole rings is 1. The summed E-state index contributed by atoms with van der Waals surface area (Å²) in [6.45, 7) is 1.89. The van der Waals surface area contributed by atoms with E-state index in [2.05, 4.69) is 26.0 Å². The fraction of sp³-hybridized carbons (Fsp3) is 0.0455. The standard InChI is InChI=1S/C22H16N6O/c1-3-13-4-6-17-14(8-13)9-20(27-17)21(29)16-11-24-28(22(16)23)15-5-7-18-19(10-15)26-12(2)25-18/h1,4-11,27H,23H2,2H3,(H,25,26). The maximum atomic E-state index is 13.0. The van der Waals surface area contributed by atoms with Gasteiger partial charge in [0.15, 0.2) is 0 Å². The highest BCUT2D eigenvalue weighted by Gasteiger charge is 2.20. The highest BCUT2D eigenvalue weighted by atomic mass is 16.1. The van der Waals surface area contributed by atoms with Gasteiger partial charge in [-0.25, -0.2) is 9.67 Å². The molecule has 0 saturated carbocycles. The Kier molecular flexibility index (Phi) is 3.54. The number of anilines is 1. The Balaban J connectivity index is 1.54. The lowest BCUT2D eigenvalue weighted by molar-refractivity contribution is 0.103. The topological polar surface area (TPSA) is 105 Å². The van der Waals surface area contributed by atoms with Gasteiger partial charge in [0.1, 0.15) is 11.6 Å². The van der Waals surface area contributed by atoms with Gasteiger partial charge in [-0.15, -0.1) is 6.42 Å². The first-order valence-electron chi connectivity index (χ1n) is 8.98. The number of nitrogens with one attached hydrogen (secondary N) is 2. The third kappa shape index (κ3) is 2.66. The zero-order chi connectivity index (χ0) is 20.1. The molecule has 0 radical (unpaired) electrons. The van der Waals surface area contributed by atoms with Crippen molar-refractivity contribution in [3.8, 4) is 18.0 Å². The molecular formula is C22H16N6O. The lowest BCUT2D eigenvalue weighted by Crippen LogP contribution is -2.07. The Hall–Kier alpha value is -4.31. The smallest absolute Gasteiger partial charge is 0.214 e. The van der Waals surface area contributed by atoms with Gasteiger partial charge in [-0.1, -0.05) is 5.92 Å². The quantitative estimate of drug-likeness (QED) is 0.330. The van der Waals surface area contributed by atoms with Crippen LogP contribution in [0.1, 0.15) is 27.4 Å². The third-order valence-corrected chi connectivity index (χ3v) is 4.91. The minimum absolute atomic E-state index is 0.231. The largest absolute Gasteiger partial charge is 0.383 e. The average molecular weight is 380 g/mol. The fourth-order valence-electron chi connectivity index (χ4n) is 3.49. The van der Waals surface area contributed by atoms with Gasteiger partial charge in [0.25, 0.3) is 0 Å². The zero-order valence-electron chi connectivity index (χ0n) is 15.5. The molecule has 2 aromatic carbocycles. The number of nitrogens with two attached hydrogens (primary N) is 1. The first-order chi connectivity index (χ1) is 14.0. The number of aryl methyl sites for hydroxylation is 1. The first-order valence-corrected chi connectivity index (χ1v) is 8.98. The molecule has 3 aromatic heterocycles. The normalized spacial score (nSPS) is 11.2. The molecule has 0 bridgehead atoms. The molecule has 4 N–H and O–H groups in total. The number of nitrogens with zero attached hydrogens (tertiary/aromatic N) is 3. The van der Waals surface area contributed by atoms with Gasteiger partial charge >= 0.3 is 0 Å². The summed E-state index contributed by atoms with van der Waals surface area (Å²) in [6.07, 6.45) is 6.94. The van der Waals surface area contributed by atoms with E-state index in [0.29, 0.717) is 11.3 Å². The molecule has 0 amide bonds. The molecule has 140 valence electrons. The molecule has 5 aromatic rings. The van der Waals surface area contributed by atoms with Crippen molar-refractivity contribution in [2.45, 2.75) is 6.92 Å². The number of carbonyl (C=O) groups is 1. The lowest BCUT2D eigenvalue weighted by atomic mass is 10.1. The second-order valence-electron chi connectivity index (χ2n) is 6.84. The van der Waals surface area contributed by atoms with E-state index in [1.54, 1.807) is 10.7 Å². The van der Waals surface area contributed by atoms with Crippen molar-refractivity contribution < 1.29 is 4.79 Å². The van der Waals surface area contributed by atoms with Gasteiger partial charge in [-0.3, -0.25) is 4.79 Å². The van der Waals surface area contributed by atoms with E-state index in [9.17, 15) is 4.79 Å². The van der Waals surface area contributed by atoms with Crippen molar-refractivity contribution in [1.82, 2.24) is 24.7 Å². The van der Waals surface area contributed by atoms with Crippen molar-refractivity contribution in [1.29, 1.82) is 0 Å². The zero-order valence-corrected chi connectivity index (χ0v) is 15.5. The number of hydrogen-bond donors (Lipinski definition) is 3. The molecule has 0 spiro atoms. The van der Waals surface area contributed by atoms with E-state index in [-0.39, 0.29) is 11.6 Å². The maximum absolute atomic E-state index is 13.0. The number of hydrogen-bond acceptors (Lipinski definition) is 4. The van der Waals surface area contributed by atoms with Gasteiger partial charge in [0.05, 0.1) is 34.2 Å². The van der Waals surface area contributed by atoms with Crippen LogP contribution in [0.25, 0.3) is 27.6 Å². The molecule has 7 nitrogen and oxygen atoms in total. The number of carbonyl (C=O) groups excluding carboxylic acids is 1. The fourth-order valence-corrected chi connectivity index (χ4v) is 3.49. The molecule has 0 aliphatic rings. The number of benzene rings is 2. The minimum atomic E-state index is -0.231. The van der Waals surface area contributed by atoms with Crippen LogP contribution in [0.5, 0.6) is 0 Å². The number of rotatable bonds is 3. The molecule has 3 heterocycles. The van der Waals surface area contributed by atoms with Crippen molar-refractivity contribution in [3.05, 3.63) is 71.3 Å². The number of fused-ring (bicyclic) bond motifs is 2. The number of aromatic amines is 2. The Morgan fingerprint density at radius 3 is 2.83 bits per heavy atom. The van der Waals surface area contributed by atoms with Crippen LogP contribution in [0.4, 0.5) is 5.82 Å². The number of aromatic nitrogens is 5. The van der Waals surface area contributed by atoms with Crippen LogP contribution < -0.4 is 5.73 Å². The number of H-pyrrole nitrogens is 2. The van der Waals surface area contributed by atoms with E-state index < -0.39 is 0 Å². The van der Waals surface area contributed by atoms with Crippen LogP contribution in [-0.4, -0.2) is 30.5 Å². The van der Waals surface area contributed by atoms with Crippen LogP contribution in [0.15, 0.2) is 48.7 Å². The average Bonchev–Trinajstić information content (AvgIpc) is 3.41. The minimum Gasteiger partial charge on any atom is -0.383 e. The highest BCUT2D eigenvalue weighted by Crippen LogP contribution is 2.24. The van der Waals surface area contributed by atoms with Crippen LogP contribution in [0, 0.1) is 19.3 Å². The maximum Gasteiger partial charge on any atom is 0.214 e. The second-order valence-corrected chi connectivity index (χ2v) is 6.84. The van der Waals surface area contributed by atoms with Crippen molar-refractivity contribution in [3.63, 3.8) is 0 Å². The van der Waals surface area contributed by atoms with Crippen LogP contribution >= 0.6 is 0 Å². The summed E-state index contributed by atoms with van der Waals surface area (Å²) < 4.78 is 1.54. The van der Waals surface area contributed by atoms with Crippen molar-refractivity contribution in [2.24, 2.45) is 0 Å². The number of nitrogen functional groups attached to an aromatic ring is 1. The second kappa shape index (κ2) is 6.11.